The van der Waals surface area contributed by atoms with Crippen molar-refractivity contribution in [3.8, 4) is 17.6 Å². The van der Waals surface area contributed by atoms with E-state index in [0.717, 1.165) is 0 Å². The van der Waals surface area contributed by atoms with Crippen molar-refractivity contribution in [3.63, 3.8) is 0 Å². The normalized spacial score (nSPS) is 11.3. The molecule has 0 heterocycles. The number of benzene rings is 2. The van der Waals surface area contributed by atoms with Gasteiger partial charge < -0.3 is 14.8 Å². The van der Waals surface area contributed by atoms with Gasteiger partial charge in [-0.3, -0.25) is 4.79 Å². The summed E-state index contributed by atoms with van der Waals surface area (Å²) in [5, 5.41) is 11.5. The van der Waals surface area contributed by atoms with Gasteiger partial charge >= 0.3 is 0 Å². The van der Waals surface area contributed by atoms with Crippen LogP contribution in [0.15, 0.2) is 36.4 Å². The van der Waals surface area contributed by atoms with E-state index in [2.05, 4.69) is 5.32 Å². The highest BCUT2D eigenvalue weighted by Crippen LogP contribution is 2.37. The molecule has 0 unspecified atom stereocenters. The molecule has 7 heteroatoms. The number of methoxy groups -OCH3 is 1. The van der Waals surface area contributed by atoms with Crippen molar-refractivity contribution in [3.05, 3.63) is 52.8 Å². The molecule has 124 valence electrons. The van der Waals surface area contributed by atoms with E-state index in [-0.39, 0.29) is 22.2 Å². The second kappa shape index (κ2) is 7.66. The summed E-state index contributed by atoms with van der Waals surface area (Å²) in [4.78, 5) is 12.2. The van der Waals surface area contributed by atoms with Crippen molar-refractivity contribution in [1.82, 2.24) is 0 Å². The Morgan fingerprint density at radius 3 is 2.71 bits per heavy atom. The van der Waals surface area contributed by atoms with E-state index in [1.807, 2.05) is 6.07 Å². The van der Waals surface area contributed by atoms with Crippen LogP contribution in [0.25, 0.3) is 0 Å². The molecule has 1 N–H and O–H groups in total. The van der Waals surface area contributed by atoms with E-state index in [0.29, 0.717) is 5.56 Å². The first-order valence-electron chi connectivity index (χ1n) is 6.96. The number of anilines is 1. The number of hydrogen-bond donors (Lipinski definition) is 1. The number of nitrogens with zero attached hydrogens (tertiary/aromatic N) is 1. The molecule has 1 atom stereocenters. The third-order valence-corrected chi connectivity index (χ3v) is 3.43. The Labute approximate surface area is 143 Å². The Morgan fingerprint density at radius 2 is 2.08 bits per heavy atom. The van der Waals surface area contributed by atoms with E-state index in [1.165, 1.54) is 44.4 Å². The van der Waals surface area contributed by atoms with E-state index >= 15 is 0 Å². The molecule has 2 aromatic rings. The minimum absolute atomic E-state index is 0.0517. The predicted octanol–water partition coefficient (Wildman–Crippen LogP) is 3.77. The van der Waals surface area contributed by atoms with E-state index in [4.69, 9.17) is 26.3 Å². The summed E-state index contributed by atoms with van der Waals surface area (Å²) < 4.78 is 24.3. The highest BCUT2D eigenvalue weighted by atomic mass is 35.5. The summed E-state index contributed by atoms with van der Waals surface area (Å²) >= 11 is 6.08. The molecule has 0 aliphatic heterocycles. The summed E-state index contributed by atoms with van der Waals surface area (Å²) in [7, 11) is 1.39. The summed E-state index contributed by atoms with van der Waals surface area (Å²) in [5.74, 6) is -0.742. The molecule has 0 spiro atoms. The second-order valence-corrected chi connectivity index (χ2v) is 5.24. The first kappa shape index (κ1) is 17.6. The molecule has 0 saturated heterocycles. The van der Waals surface area contributed by atoms with Crippen molar-refractivity contribution < 1.29 is 18.7 Å². The Morgan fingerprint density at radius 1 is 1.38 bits per heavy atom. The van der Waals surface area contributed by atoms with Crippen LogP contribution in [0.3, 0.4) is 0 Å². The average molecular weight is 349 g/mol. The molecule has 24 heavy (non-hydrogen) atoms. The monoisotopic (exact) mass is 348 g/mol. The number of nitrogens with one attached hydrogen (secondary N) is 1. The van der Waals surface area contributed by atoms with E-state index in [1.54, 1.807) is 6.07 Å². The standard InChI is InChI=1S/C17H14ClFN2O3/c1-10(17(22)21-14-6-4-3-5-13(14)19)24-16-12(18)7-11(9-20)8-15(16)23-2/h3-8,10H,1-2H3,(H,21,22)/t10-/m0/s1. The molecule has 0 aromatic heterocycles. The molecule has 2 rings (SSSR count). The zero-order valence-corrected chi connectivity index (χ0v) is 13.7. The Balaban J connectivity index is 2.17. The zero-order valence-electron chi connectivity index (χ0n) is 13.0. The first-order valence-corrected chi connectivity index (χ1v) is 7.33. The van der Waals surface area contributed by atoms with Gasteiger partial charge in [-0.15, -0.1) is 0 Å². The molecule has 0 bridgehead atoms. The molecule has 0 aliphatic carbocycles. The smallest absolute Gasteiger partial charge is 0.265 e. The van der Waals surface area contributed by atoms with Crippen molar-refractivity contribution in [2.45, 2.75) is 13.0 Å². The molecule has 0 saturated carbocycles. The van der Waals surface area contributed by atoms with Crippen LogP contribution in [0, 0.1) is 17.1 Å². The lowest BCUT2D eigenvalue weighted by atomic mass is 10.2. The van der Waals surface area contributed by atoms with Crippen LogP contribution in [-0.4, -0.2) is 19.1 Å². The summed E-state index contributed by atoms with van der Waals surface area (Å²) in [6, 6.07) is 10.6. The van der Waals surface area contributed by atoms with E-state index < -0.39 is 17.8 Å². The highest BCUT2D eigenvalue weighted by Gasteiger charge is 2.20. The largest absolute Gasteiger partial charge is 0.493 e. The van der Waals surface area contributed by atoms with Gasteiger partial charge in [-0.2, -0.15) is 5.26 Å². The van der Waals surface area contributed by atoms with Crippen molar-refractivity contribution in [2.24, 2.45) is 0 Å². The summed E-state index contributed by atoms with van der Waals surface area (Å²) in [5.41, 5.74) is 0.350. The van der Waals surface area contributed by atoms with Gasteiger partial charge in [-0.05, 0) is 25.1 Å². The Bertz CT molecular complexity index is 805. The number of ether oxygens (including phenoxy) is 2. The second-order valence-electron chi connectivity index (χ2n) is 4.83. The van der Waals surface area contributed by atoms with Crippen LogP contribution in [-0.2, 0) is 4.79 Å². The maximum atomic E-state index is 13.6. The van der Waals surface area contributed by atoms with Gasteiger partial charge in [0, 0.05) is 6.07 Å². The lowest BCUT2D eigenvalue weighted by molar-refractivity contribution is -0.122. The molecular formula is C17H14ClFN2O3. The minimum Gasteiger partial charge on any atom is -0.493 e. The third kappa shape index (κ3) is 3.94. The lowest BCUT2D eigenvalue weighted by Gasteiger charge is -2.18. The minimum atomic E-state index is -0.969. The fourth-order valence-electron chi connectivity index (χ4n) is 1.93. The maximum Gasteiger partial charge on any atom is 0.265 e. The average Bonchev–Trinajstić information content (AvgIpc) is 2.58. The SMILES string of the molecule is COc1cc(C#N)cc(Cl)c1O[C@@H](C)C(=O)Nc1ccccc1F. The van der Waals surface area contributed by atoms with Gasteiger partial charge in [0.1, 0.15) is 5.82 Å². The van der Waals surface area contributed by atoms with Crippen LogP contribution in [0.1, 0.15) is 12.5 Å². The van der Waals surface area contributed by atoms with Crippen molar-refractivity contribution in [1.29, 1.82) is 5.26 Å². The van der Waals surface area contributed by atoms with Crippen LogP contribution in [0.2, 0.25) is 5.02 Å². The number of carbonyl (C=O) groups is 1. The molecule has 1 amide bonds. The van der Waals surface area contributed by atoms with Crippen LogP contribution in [0.5, 0.6) is 11.5 Å². The predicted molar refractivity (Wildman–Crippen MR) is 87.8 cm³/mol. The molecule has 2 aromatic carbocycles. The van der Waals surface area contributed by atoms with Crippen LogP contribution in [0.4, 0.5) is 10.1 Å². The number of amides is 1. The molecule has 0 fully saturated rings. The number of carbonyl (C=O) groups excluding carboxylic acids is 1. The number of nitriles is 1. The van der Waals surface area contributed by atoms with Gasteiger partial charge in [0.2, 0.25) is 0 Å². The quantitative estimate of drug-likeness (QED) is 0.892. The fraction of sp³-hybridized carbons (Fsp3) is 0.176. The Kier molecular flexibility index (Phi) is 5.61. The van der Waals surface area contributed by atoms with Crippen molar-refractivity contribution in [2.75, 3.05) is 12.4 Å². The van der Waals surface area contributed by atoms with Crippen molar-refractivity contribution >= 4 is 23.2 Å². The topological polar surface area (TPSA) is 71.3 Å². The van der Waals surface area contributed by atoms with Gasteiger partial charge in [0.15, 0.2) is 17.6 Å². The number of rotatable bonds is 5. The highest BCUT2D eigenvalue weighted by molar-refractivity contribution is 6.32. The maximum absolute atomic E-state index is 13.6. The lowest BCUT2D eigenvalue weighted by Crippen LogP contribution is -2.30. The van der Waals surface area contributed by atoms with E-state index in [9.17, 15) is 9.18 Å². The fourth-order valence-corrected chi connectivity index (χ4v) is 2.18. The van der Waals surface area contributed by atoms with Crippen LogP contribution >= 0.6 is 11.6 Å². The molecule has 0 aliphatic rings. The number of halogens is 2. The molecule has 5 nitrogen and oxygen atoms in total. The molecule has 0 radical (unpaired) electrons. The summed E-state index contributed by atoms with van der Waals surface area (Å²) in [6.07, 6.45) is -0.969. The number of para-hydroxylation sites is 1. The third-order valence-electron chi connectivity index (χ3n) is 3.15. The van der Waals surface area contributed by atoms with Gasteiger partial charge in [0.05, 0.1) is 29.5 Å². The first-order chi connectivity index (χ1) is 11.5. The zero-order chi connectivity index (χ0) is 17.7. The van der Waals surface area contributed by atoms with Gasteiger partial charge in [-0.25, -0.2) is 4.39 Å². The molecular weight excluding hydrogens is 335 g/mol. The van der Waals surface area contributed by atoms with Gasteiger partial charge in [0.25, 0.3) is 5.91 Å². The van der Waals surface area contributed by atoms with Gasteiger partial charge in [-0.1, -0.05) is 23.7 Å². The summed E-state index contributed by atoms with van der Waals surface area (Å²) in [6.45, 7) is 1.49. The van der Waals surface area contributed by atoms with Crippen LogP contribution < -0.4 is 14.8 Å². The Hall–Kier alpha value is -2.78. The number of hydrogen-bond acceptors (Lipinski definition) is 4.